The molecule has 0 radical (unpaired) electrons. The molecule has 0 saturated carbocycles. The Kier molecular flexibility index (Phi) is 4.80. The molecule has 27 heavy (non-hydrogen) atoms. The Morgan fingerprint density at radius 1 is 1.30 bits per heavy atom. The summed E-state index contributed by atoms with van der Waals surface area (Å²) >= 11 is 0. The topological polar surface area (TPSA) is 87.0 Å². The molecule has 0 spiro atoms. The second kappa shape index (κ2) is 6.86. The van der Waals surface area contributed by atoms with Crippen LogP contribution in [-0.4, -0.2) is 79.4 Å². The fourth-order valence-electron chi connectivity index (χ4n) is 5.21. The smallest absolute Gasteiger partial charge is 0.248 e. The van der Waals surface area contributed by atoms with Gasteiger partial charge < -0.3 is 14.3 Å². The lowest BCUT2D eigenvalue weighted by Gasteiger charge is -2.56. The number of carbonyl (C=O) groups excluding carboxylic acids is 1. The van der Waals surface area contributed by atoms with Crippen LogP contribution >= 0.6 is 0 Å². The minimum Gasteiger partial charge on any atom is -0.360 e. The number of piperidine rings is 3. The van der Waals surface area contributed by atoms with Gasteiger partial charge >= 0.3 is 0 Å². The van der Waals surface area contributed by atoms with Gasteiger partial charge in [-0.3, -0.25) is 4.79 Å². The molecule has 1 aromatic heterocycles. The highest BCUT2D eigenvalue weighted by Gasteiger charge is 2.51. The lowest BCUT2D eigenvalue weighted by molar-refractivity contribution is -0.151. The van der Waals surface area contributed by atoms with Crippen LogP contribution in [0.2, 0.25) is 0 Å². The molecule has 0 aliphatic carbocycles. The minimum atomic E-state index is -3.63. The van der Waals surface area contributed by atoms with Crippen LogP contribution in [0.25, 0.3) is 0 Å². The van der Waals surface area contributed by atoms with E-state index in [0.717, 1.165) is 25.8 Å². The van der Waals surface area contributed by atoms with E-state index in [1.165, 1.54) is 6.20 Å². The number of carbonyl (C=O) groups is 1. The van der Waals surface area contributed by atoms with Crippen molar-refractivity contribution in [2.45, 2.75) is 49.6 Å². The molecule has 9 heteroatoms. The lowest BCUT2D eigenvalue weighted by atomic mass is 9.72. The molecule has 150 valence electrons. The maximum Gasteiger partial charge on any atom is 0.248 e. The number of likely N-dealkylation sites (N-methyl/N-ethyl adjacent to an activating group) is 1. The molecule has 8 nitrogen and oxygen atoms in total. The van der Waals surface area contributed by atoms with Crippen molar-refractivity contribution in [2.75, 3.05) is 33.7 Å². The third-order valence-corrected chi connectivity index (χ3v) is 8.27. The molecule has 0 N–H and O–H groups in total. The van der Waals surface area contributed by atoms with Gasteiger partial charge in [0, 0.05) is 38.1 Å². The summed E-state index contributed by atoms with van der Waals surface area (Å²) in [4.78, 5) is 17.1. The molecule has 4 atom stereocenters. The summed E-state index contributed by atoms with van der Waals surface area (Å²) in [5.41, 5.74) is 0. The summed E-state index contributed by atoms with van der Waals surface area (Å²) in [7, 11) is 0.380. The molecule has 1 aromatic rings. The number of nitrogens with zero attached hydrogens (tertiary/aromatic N) is 4. The van der Waals surface area contributed by atoms with Gasteiger partial charge in [-0.25, -0.2) is 8.42 Å². The lowest BCUT2D eigenvalue weighted by Crippen LogP contribution is -2.67. The van der Waals surface area contributed by atoms with Crippen molar-refractivity contribution in [3.05, 3.63) is 12.0 Å². The zero-order valence-corrected chi connectivity index (χ0v) is 17.0. The minimum absolute atomic E-state index is 0.0654. The van der Waals surface area contributed by atoms with E-state index in [0.29, 0.717) is 25.3 Å². The molecule has 3 fully saturated rings. The standard InChI is InChI=1S/C18H28N4O4S/c1-12-17(8-19-26-12)27(24,25)21-9-13-7-14(10-21)16(11-20(2)3)22-15(13)5-4-6-18(22)23/h8,13-16H,4-7,9-11H2,1-3H3/t13-,14+,15+,16+/m1/s1. The molecule has 4 heterocycles. The third kappa shape index (κ3) is 3.19. The number of aromatic nitrogens is 1. The Bertz CT molecular complexity index is 821. The van der Waals surface area contributed by atoms with Gasteiger partial charge in [-0.15, -0.1) is 0 Å². The Labute approximate surface area is 160 Å². The highest BCUT2D eigenvalue weighted by Crippen LogP contribution is 2.43. The van der Waals surface area contributed by atoms with Crippen molar-refractivity contribution in [3.63, 3.8) is 0 Å². The quantitative estimate of drug-likeness (QED) is 0.753. The second-order valence-electron chi connectivity index (χ2n) is 8.41. The molecule has 2 bridgehead atoms. The first-order valence-corrected chi connectivity index (χ1v) is 11.1. The Hall–Kier alpha value is -1.45. The number of sulfonamides is 1. The summed E-state index contributed by atoms with van der Waals surface area (Å²) in [6, 6.07) is 0.213. The first-order chi connectivity index (χ1) is 12.8. The number of fused-ring (bicyclic) bond motifs is 4. The molecule has 1 amide bonds. The summed E-state index contributed by atoms with van der Waals surface area (Å²) in [6.45, 7) is 3.30. The maximum atomic E-state index is 13.2. The zero-order chi connectivity index (χ0) is 19.3. The third-order valence-electron chi connectivity index (χ3n) is 6.34. The van der Waals surface area contributed by atoms with Gasteiger partial charge in [0.15, 0.2) is 5.76 Å². The van der Waals surface area contributed by atoms with Crippen molar-refractivity contribution in [1.82, 2.24) is 19.3 Å². The fraction of sp³-hybridized carbons (Fsp3) is 0.778. The highest BCUT2D eigenvalue weighted by molar-refractivity contribution is 7.89. The van der Waals surface area contributed by atoms with E-state index in [2.05, 4.69) is 15.0 Å². The second-order valence-corrected chi connectivity index (χ2v) is 10.3. The van der Waals surface area contributed by atoms with Crippen LogP contribution in [0.1, 0.15) is 31.4 Å². The number of hydrogen-bond acceptors (Lipinski definition) is 6. The highest BCUT2D eigenvalue weighted by atomic mass is 32.2. The van der Waals surface area contributed by atoms with Gasteiger partial charge in [0.05, 0.1) is 6.20 Å². The van der Waals surface area contributed by atoms with Crippen LogP contribution in [0, 0.1) is 18.8 Å². The number of aryl methyl sites for hydroxylation is 1. The van der Waals surface area contributed by atoms with Gasteiger partial charge in [0.1, 0.15) is 4.90 Å². The Morgan fingerprint density at radius 3 is 2.70 bits per heavy atom. The average molecular weight is 397 g/mol. The van der Waals surface area contributed by atoms with Crippen molar-refractivity contribution >= 4 is 15.9 Å². The molecule has 3 saturated heterocycles. The van der Waals surface area contributed by atoms with E-state index in [-0.39, 0.29) is 34.7 Å². The zero-order valence-electron chi connectivity index (χ0n) is 16.2. The van der Waals surface area contributed by atoms with E-state index in [4.69, 9.17) is 4.52 Å². The number of hydrogen-bond donors (Lipinski definition) is 0. The van der Waals surface area contributed by atoms with Crippen molar-refractivity contribution in [3.8, 4) is 0 Å². The van der Waals surface area contributed by atoms with Crippen LogP contribution < -0.4 is 0 Å². The van der Waals surface area contributed by atoms with E-state index in [1.807, 2.05) is 14.1 Å². The SMILES string of the molecule is Cc1oncc1S(=O)(=O)N1C[C@H]2C[C@@H](C1)[C@H](CN(C)C)N1C(=O)CCC[C@@H]21. The molecule has 0 aromatic carbocycles. The molecule has 4 rings (SSSR count). The summed E-state index contributed by atoms with van der Waals surface area (Å²) < 4.78 is 33.0. The van der Waals surface area contributed by atoms with E-state index >= 15 is 0 Å². The van der Waals surface area contributed by atoms with Crippen molar-refractivity contribution < 1.29 is 17.7 Å². The number of amides is 1. The van der Waals surface area contributed by atoms with Gasteiger partial charge in [0.25, 0.3) is 0 Å². The Balaban J connectivity index is 1.67. The predicted molar refractivity (Wildman–Crippen MR) is 98.4 cm³/mol. The van der Waals surface area contributed by atoms with Crippen LogP contribution in [0.4, 0.5) is 0 Å². The molecule has 3 aliphatic heterocycles. The van der Waals surface area contributed by atoms with Crippen LogP contribution in [-0.2, 0) is 14.8 Å². The first-order valence-electron chi connectivity index (χ1n) is 9.66. The summed E-state index contributed by atoms with van der Waals surface area (Å²) in [5, 5.41) is 3.64. The first kappa shape index (κ1) is 18.9. The molecule has 3 aliphatic rings. The number of rotatable bonds is 4. The summed E-state index contributed by atoms with van der Waals surface area (Å²) in [6.07, 6.45) is 4.76. The van der Waals surface area contributed by atoms with Crippen LogP contribution in [0.5, 0.6) is 0 Å². The van der Waals surface area contributed by atoms with Crippen LogP contribution in [0.15, 0.2) is 15.6 Å². The van der Waals surface area contributed by atoms with E-state index in [9.17, 15) is 13.2 Å². The van der Waals surface area contributed by atoms with Gasteiger partial charge in [0.2, 0.25) is 15.9 Å². The van der Waals surface area contributed by atoms with Crippen LogP contribution in [0.3, 0.4) is 0 Å². The maximum absolute atomic E-state index is 13.2. The molecule has 0 unspecified atom stereocenters. The molecular weight excluding hydrogens is 368 g/mol. The fourth-order valence-corrected chi connectivity index (χ4v) is 6.84. The van der Waals surface area contributed by atoms with E-state index in [1.54, 1.807) is 11.2 Å². The summed E-state index contributed by atoms with van der Waals surface area (Å²) in [5.74, 6) is 0.907. The van der Waals surface area contributed by atoms with Gasteiger partial charge in [-0.2, -0.15) is 4.31 Å². The Morgan fingerprint density at radius 2 is 2.04 bits per heavy atom. The largest absolute Gasteiger partial charge is 0.360 e. The van der Waals surface area contributed by atoms with Gasteiger partial charge in [-0.05, 0) is 52.1 Å². The van der Waals surface area contributed by atoms with Crippen molar-refractivity contribution in [1.29, 1.82) is 0 Å². The van der Waals surface area contributed by atoms with E-state index < -0.39 is 10.0 Å². The molecular formula is C18H28N4O4S. The normalized spacial score (nSPS) is 32.0. The monoisotopic (exact) mass is 396 g/mol. The van der Waals surface area contributed by atoms with Crippen molar-refractivity contribution in [2.24, 2.45) is 11.8 Å². The van der Waals surface area contributed by atoms with Gasteiger partial charge in [-0.1, -0.05) is 5.16 Å². The average Bonchev–Trinajstić information content (AvgIpc) is 3.05. The predicted octanol–water partition coefficient (Wildman–Crippen LogP) is 0.935.